The van der Waals surface area contributed by atoms with Crippen LogP contribution in [0.5, 0.6) is 0 Å². The van der Waals surface area contributed by atoms with Crippen molar-refractivity contribution in [2.45, 2.75) is 38.0 Å². The molecule has 0 aliphatic heterocycles. The summed E-state index contributed by atoms with van der Waals surface area (Å²) < 4.78 is 28.1. The van der Waals surface area contributed by atoms with Crippen molar-refractivity contribution >= 4 is 55.0 Å². The zero-order valence-electron chi connectivity index (χ0n) is 21.0. The number of halogens is 1. The predicted octanol–water partition coefficient (Wildman–Crippen LogP) is 5.05. The van der Waals surface area contributed by atoms with E-state index in [-0.39, 0.29) is 23.2 Å². The Morgan fingerprint density at radius 1 is 0.971 bits per heavy atom. The van der Waals surface area contributed by atoms with Crippen LogP contribution < -0.4 is 4.90 Å². The molecule has 3 aromatic rings. The fourth-order valence-corrected chi connectivity index (χ4v) is 5.90. The van der Waals surface area contributed by atoms with Gasteiger partial charge in [-0.25, -0.2) is 17.7 Å². The minimum absolute atomic E-state index is 0. The number of para-hydroxylation sites is 1. The molecule has 0 atom stereocenters. The molecule has 0 radical (unpaired) electrons. The number of nitrogens with zero attached hydrogens (tertiary/aromatic N) is 4. The molecule has 0 bridgehead atoms. The van der Waals surface area contributed by atoms with Gasteiger partial charge >= 0.3 is 0 Å². The third-order valence-corrected chi connectivity index (χ3v) is 8.62. The van der Waals surface area contributed by atoms with Gasteiger partial charge in [0.25, 0.3) is 5.91 Å². The summed E-state index contributed by atoms with van der Waals surface area (Å²) in [6.45, 7) is 5.87. The average Bonchev–Trinajstić information content (AvgIpc) is 3.25. The van der Waals surface area contributed by atoms with E-state index in [0.29, 0.717) is 23.8 Å². The van der Waals surface area contributed by atoms with Crippen LogP contribution in [0.15, 0.2) is 47.4 Å². The summed E-state index contributed by atoms with van der Waals surface area (Å²) in [7, 11) is 2.02. The molecule has 0 saturated heterocycles. The average molecular weight is 539 g/mol. The van der Waals surface area contributed by atoms with Crippen LogP contribution in [0.4, 0.5) is 5.13 Å². The lowest BCUT2D eigenvalue weighted by atomic mass is 10.2. The number of carbonyl (C=O) groups is 1. The van der Waals surface area contributed by atoms with Crippen LogP contribution >= 0.6 is 23.7 Å². The summed E-state index contributed by atoms with van der Waals surface area (Å²) >= 11 is 1.50. The first-order valence-corrected chi connectivity index (χ1v) is 13.8. The number of aromatic nitrogens is 1. The Labute approximate surface area is 219 Å². The summed E-state index contributed by atoms with van der Waals surface area (Å²) in [5.41, 5.74) is 2.42. The molecule has 0 aliphatic rings. The molecular formula is C25H35ClN4O3S2. The second-order valence-corrected chi connectivity index (χ2v) is 11.8. The molecule has 0 unspecified atom stereocenters. The van der Waals surface area contributed by atoms with Crippen LogP contribution in [0.25, 0.3) is 10.2 Å². The lowest BCUT2D eigenvalue weighted by Crippen LogP contribution is -2.33. The van der Waals surface area contributed by atoms with E-state index in [1.165, 1.54) is 27.8 Å². The Morgan fingerprint density at radius 2 is 1.66 bits per heavy atom. The van der Waals surface area contributed by atoms with Crippen LogP contribution in [0.3, 0.4) is 0 Å². The number of unbranched alkanes of at least 4 members (excludes halogenated alkanes) is 1. The van der Waals surface area contributed by atoms with Crippen molar-refractivity contribution in [1.29, 1.82) is 0 Å². The van der Waals surface area contributed by atoms with Crippen molar-refractivity contribution in [1.82, 2.24) is 14.2 Å². The number of aryl methyl sites for hydroxylation is 1. The van der Waals surface area contributed by atoms with E-state index in [1.54, 1.807) is 24.1 Å². The highest BCUT2D eigenvalue weighted by Crippen LogP contribution is 2.31. The second kappa shape index (κ2) is 12.8. The van der Waals surface area contributed by atoms with Crippen molar-refractivity contribution < 1.29 is 13.2 Å². The number of anilines is 1. The van der Waals surface area contributed by atoms with Crippen LogP contribution in [0.2, 0.25) is 0 Å². The van der Waals surface area contributed by atoms with Gasteiger partial charge in [-0.15, -0.1) is 12.4 Å². The van der Waals surface area contributed by atoms with Crippen molar-refractivity contribution in [3.05, 3.63) is 53.6 Å². The molecule has 0 spiro atoms. The Bertz CT molecular complexity index is 1230. The summed E-state index contributed by atoms with van der Waals surface area (Å²) in [6.07, 6.45) is 2.51. The van der Waals surface area contributed by atoms with Crippen molar-refractivity contribution in [2.75, 3.05) is 45.7 Å². The lowest BCUT2D eigenvalue weighted by molar-refractivity contribution is 0.0986. The molecule has 0 fully saturated rings. The highest BCUT2D eigenvalue weighted by Gasteiger charge is 2.24. The summed E-state index contributed by atoms with van der Waals surface area (Å²) in [4.78, 5) is 22.3. The molecule has 192 valence electrons. The number of thiazole rings is 1. The smallest absolute Gasteiger partial charge is 0.260 e. The number of amides is 1. The van der Waals surface area contributed by atoms with E-state index < -0.39 is 10.0 Å². The van der Waals surface area contributed by atoms with Gasteiger partial charge in [-0.3, -0.25) is 9.69 Å². The Balaban J connectivity index is 0.00000432. The third-order valence-electron chi connectivity index (χ3n) is 5.71. The van der Waals surface area contributed by atoms with Gasteiger partial charge in [0.1, 0.15) is 0 Å². The standard InChI is InChI=1S/C25H34N4O3S2.ClH/c1-6-7-17-28(5)34(31,32)21-14-12-20(13-15-21)24(30)29(18-9-16-27(3)4)25-26-23-19(2)10-8-11-22(23)33-25;/h8,10-15H,6-7,9,16-18H2,1-5H3;1H. The molecule has 35 heavy (non-hydrogen) atoms. The van der Waals surface area contributed by atoms with Gasteiger partial charge in [0.2, 0.25) is 10.0 Å². The molecule has 1 aromatic heterocycles. The molecule has 10 heteroatoms. The second-order valence-electron chi connectivity index (χ2n) is 8.74. The summed E-state index contributed by atoms with van der Waals surface area (Å²) in [5.74, 6) is -0.182. The van der Waals surface area contributed by atoms with E-state index >= 15 is 0 Å². The maximum absolute atomic E-state index is 13.5. The first-order valence-electron chi connectivity index (χ1n) is 11.5. The molecular weight excluding hydrogens is 504 g/mol. The SMILES string of the molecule is CCCCN(C)S(=O)(=O)c1ccc(C(=O)N(CCCN(C)C)c2nc3c(C)cccc3s2)cc1.Cl. The van der Waals surface area contributed by atoms with Crippen molar-refractivity contribution in [3.8, 4) is 0 Å². The normalized spacial score (nSPS) is 11.7. The number of fused-ring (bicyclic) bond motifs is 1. The third kappa shape index (κ3) is 7.01. The number of carbonyl (C=O) groups excluding carboxylic acids is 1. The highest BCUT2D eigenvalue weighted by atomic mass is 35.5. The molecule has 1 amide bonds. The van der Waals surface area contributed by atoms with Gasteiger partial charge in [0.15, 0.2) is 5.13 Å². The monoisotopic (exact) mass is 538 g/mol. The number of rotatable bonds is 11. The van der Waals surface area contributed by atoms with Gasteiger partial charge in [0, 0.05) is 25.7 Å². The number of hydrogen-bond acceptors (Lipinski definition) is 6. The largest absolute Gasteiger partial charge is 0.309 e. The first-order chi connectivity index (χ1) is 16.1. The van der Waals surface area contributed by atoms with Gasteiger partial charge in [-0.05, 0) is 76.3 Å². The fourth-order valence-electron chi connectivity index (χ4n) is 3.63. The maximum Gasteiger partial charge on any atom is 0.260 e. The first kappa shape index (κ1) is 29.2. The van der Waals surface area contributed by atoms with Crippen LogP contribution in [0, 0.1) is 6.92 Å². The van der Waals surface area contributed by atoms with E-state index in [4.69, 9.17) is 4.98 Å². The summed E-state index contributed by atoms with van der Waals surface area (Å²) in [5, 5.41) is 0.657. The maximum atomic E-state index is 13.5. The van der Waals surface area contributed by atoms with Crippen LogP contribution in [-0.4, -0.2) is 69.3 Å². The molecule has 1 heterocycles. The molecule has 2 aromatic carbocycles. The lowest BCUT2D eigenvalue weighted by Gasteiger charge is -2.21. The zero-order chi connectivity index (χ0) is 24.9. The summed E-state index contributed by atoms with van der Waals surface area (Å²) in [6, 6.07) is 12.3. The molecule has 0 saturated carbocycles. The number of hydrogen-bond donors (Lipinski definition) is 0. The fraction of sp³-hybridized carbons (Fsp3) is 0.440. The van der Waals surface area contributed by atoms with Crippen LogP contribution in [-0.2, 0) is 10.0 Å². The molecule has 7 nitrogen and oxygen atoms in total. The Morgan fingerprint density at radius 3 is 2.26 bits per heavy atom. The number of benzene rings is 2. The predicted molar refractivity (Wildman–Crippen MR) is 148 cm³/mol. The van der Waals surface area contributed by atoms with Crippen molar-refractivity contribution in [3.63, 3.8) is 0 Å². The topological polar surface area (TPSA) is 73.8 Å². The molecule has 0 aliphatic carbocycles. The van der Waals surface area contributed by atoms with Gasteiger partial charge in [-0.2, -0.15) is 0 Å². The minimum atomic E-state index is -3.58. The van der Waals surface area contributed by atoms with E-state index in [2.05, 4.69) is 4.90 Å². The minimum Gasteiger partial charge on any atom is -0.309 e. The van der Waals surface area contributed by atoms with Gasteiger partial charge < -0.3 is 4.90 Å². The van der Waals surface area contributed by atoms with Crippen LogP contribution in [0.1, 0.15) is 42.1 Å². The highest BCUT2D eigenvalue weighted by molar-refractivity contribution is 7.89. The Kier molecular flexibility index (Phi) is 10.7. The molecule has 0 N–H and O–H groups in total. The number of sulfonamides is 1. The van der Waals surface area contributed by atoms with Gasteiger partial charge in [-0.1, -0.05) is 36.8 Å². The van der Waals surface area contributed by atoms with Crippen molar-refractivity contribution in [2.24, 2.45) is 0 Å². The van der Waals surface area contributed by atoms with E-state index in [0.717, 1.165) is 41.6 Å². The van der Waals surface area contributed by atoms with E-state index in [1.807, 2.05) is 46.1 Å². The zero-order valence-corrected chi connectivity index (χ0v) is 23.5. The van der Waals surface area contributed by atoms with Gasteiger partial charge in [0.05, 0.1) is 15.1 Å². The quantitative estimate of drug-likeness (QED) is 0.342. The van der Waals surface area contributed by atoms with E-state index in [9.17, 15) is 13.2 Å². The Hall–Kier alpha value is -2.04. The molecule has 3 rings (SSSR count).